The molecule has 4 nitrogen and oxygen atoms in total. The minimum atomic E-state index is -1.31. The van der Waals surface area contributed by atoms with Crippen LogP contribution in [0.2, 0.25) is 0 Å². The lowest BCUT2D eigenvalue weighted by atomic mass is 9.94. The molecule has 0 aromatic carbocycles. The molecule has 18 heavy (non-hydrogen) atoms. The first-order valence-electron chi connectivity index (χ1n) is 5.20. The molecule has 0 saturated heterocycles. The molecule has 0 aliphatic carbocycles. The number of nitriles is 1. The summed E-state index contributed by atoms with van der Waals surface area (Å²) in [4.78, 5) is 24.5. The van der Waals surface area contributed by atoms with Crippen molar-refractivity contribution in [3.05, 3.63) is 46.0 Å². The fourth-order valence-electron chi connectivity index (χ4n) is 1.59. The van der Waals surface area contributed by atoms with Crippen LogP contribution < -0.4 is 0 Å². The largest absolute Gasteiger partial charge is 0.469 e. The molecule has 5 heteroatoms. The molecule has 0 radical (unpaired) electrons. The SMILES string of the molecule is Cc1occc1C(=O)[C@H](C#N)C(=O)c1cccs1. The monoisotopic (exact) mass is 259 g/mol. The van der Waals surface area contributed by atoms with Crippen molar-refractivity contribution in [2.24, 2.45) is 5.92 Å². The van der Waals surface area contributed by atoms with Gasteiger partial charge in [-0.05, 0) is 24.4 Å². The van der Waals surface area contributed by atoms with Crippen LogP contribution in [0.4, 0.5) is 0 Å². The van der Waals surface area contributed by atoms with Crippen molar-refractivity contribution in [1.82, 2.24) is 0 Å². The van der Waals surface area contributed by atoms with E-state index in [0.717, 1.165) is 0 Å². The Bertz CT molecular complexity index is 619. The van der Waals surface area contributed by atoms with Crippen LogP contribution in [0.5, 0.6) is 0 Å². The van der Waals surface area contributed by atoms with E-state index in [-0.39, 0.29) is 5.56 Å². The highest BCUT2D eigenvalue weighted by Gasteiger charge is 2.30. The molecule has 2 heterocycles. The number of ketones is 2. The molecule has 0 N–H and O–H groups in total. The van der Waals surface area contributed by atoms with Gasteiger partial charge in [-0.2, -0.15) is 5.26 Å². The second-order valence-electron chi connectivity index (χ2n) is 3.66. The predicted molar refractivity (Wildman–Crippen MR) is 65.5 cm³/mol. The zero-order valence-electron chi connectivity index (χ0n) is 9.54. The van der Waals surface area contributed by atoms with Crippen LogP contribution in [-0.4, -0.2) is 11.6 Å². The van der Waals surface area contributed by atoms with Crippen molar-refractivity contribution in [1.29, 1.82) is 5.26 Å². The van der Waals surface area contributed by atoms with Crippen molar-refractivity contribution < 1.29 is 14.0 Å². The minimum Gasteiger partial charge on any atom is -0.469 e. The lowest BCUT2D eigenvalue weighted by molar-refractivity contribution is 0.0847. The van der Waals surface area contributed by atoms with Crippen LogP contribution in [0.25, 0.3) is 0 Å². The number of Topliss-reactive ketones (excluding diaryl/α,β-unsaturated/α-hetero) is 2. The lowest BCUT2D eigenvalue weighted by Crippen LogP contribution is -2.22. The van der Waals surface area contributed by atoms with Crippen LogP contribution in [0.15, 0.2) is 34.3 Å². The van der Waals surface area contributed by atoms with Gasteiger partial charge in [0.1, 0.15) is 5.76 Å². The lowest BCUT2D eigenvalue weighted by Gasteiger charge is -2.04. The van der Waals surface area contributed by atoms with Gasteiger partial charge < -0.3 is 4.42 Å². The summed E-state index contributed by atoms with van der Waals surface area (Å²) in [6.45, 7) is 1.62. The fraction of sp³-hybridized carbons (Fsp3) is 0.154. The third-order valence-electron chi connectivity index (χ3n) is 2.54. The number of hydrogen-bond donors (Lipinski definition) is 0. The average Bonchev–Trinajstić information content (AvgIpc) is 2.99. The van der Waals surface area contributed by atoms with Crippen LogP contribution in [0.3, 0.4) is 0 Å². The van der Waals surface area contributed by atoms with Gasteiger partial charge in [-0.15, -0.1) is 11.3 Å². The Hall–Kier alpha value is -2.19. The molecule has 2 rings (SSSR count). The molecule has 0 amide bonds. The van der Waals surface area contributed by atoms with E-state index in [1.54, 1.807) is 30.5 Å². The Morgan fingerprint density at radius 3 is 2.67 bits per heavy atom. The van der Waals surface area contributed by atoms with E-state index in [1.165, 1.54) is 23.7 Å². The third kappa shape index (κ3) is 2.11. The van der Waals surface area contributed by atoms with Gasteiger partial charge in [-0.25, -0.2) is 0 Å². The third-order valence-corrected chi connectivity index (χ3v) is 3.43. The van der Waals surface area contributed by atoms with E-state index in [4.69, 9.17) is 9.68 Å². The topological polar surface area (TPSA) is 71.1 Å². The van der Waals surface area contributed by atoms with Crippen LogP contribution >= 0.6 is 11.3 Å². The zero-order chi connectivity index (χ0) is 13.1. The molecular formula is C13H9NO3S. The van der Waals surface area contributed by atoms with E-state index in [9.17, 15) is 9.59 Å². The Morgan fingerprint density at radius 1 is 1.39 bits per heavy atom. The maximum atomic E-state index is 12.1. The Morgan fingerprint density at radius 2 is 2.17 bits per heavy atom. The summed E-state index contributed by atoms with van der Waals surface area (Å²) < 4.78 is 5.01. The van der Waals surface area contributed by atoms with Crippen molar-refractivity contribution in [2.75, 3.05) is 0 Å². The summed E-state index contributed by atoms with van der Waals surface area (Å²) in [5.41, 5.74) is 0.284. The number of aryl methyl sites for hydroxylation is 1. The maximum absolute atomic E-state index is 12.1. The fourth-order valence-corrected chi connectivity index (χ4v) is 2.29. The average molecular weight is 259 g/mol. The number of carbonyl (C=O) groups excluding carboxylic acids is 2. The van der Waals surface area contributed by atoms with E-state index >= 15 is 0 Å². The Kier molecular flexibility index (Phi) is 3.40. The van der Waals surface area contributed by atoms with Gasteiger partial charge in [0, 0.05) is 0 Å². The second kappa shape index (κ2) is 4.98. The highest BCUT2D eigenvalue weighted by molar-refractivity contribution is 7.12. The van der Waals surface area contributed by atoms with Crippen molar-refractivity contribution >= 4 is 22.9 Å². The van der Waals surface area contributed by atoms with Gasteiger partial charge in [0.2, 0.25) is 0 Å². The number of thiophene rings is 1. The highest BCUT2D eigenvalue weighted by atomic mass is 32.1. The molecule has 0 aliphatic heterocycles. The molecule has 2 aromatic heterocycles. The number of rotatable bonds is 4. The minimum absolute atomic E-state index is 0.284. The molecule has 0 unspecified atom stereocenters. The predicted octanol–water partition coefficient (Wildman–Crippen LogP) is 2.85. The first-order valence-corrected chi connectivity index (χ1v) is 6.08. The normalized spacial score (nSPS) is 11.8. The van der Waals surface area contributed by atoms with Gasteiger partial charge in [0.15, 0.2) is 17.5 Å². The molecule has 1 atom stereocenters. The number of hydrogen-bond acceptors (Lipinski definition) is 5. The van der Waals surface area contributed by atoms with Crippen molar-refractivity contribution in [2.45, 2.75) is 6.92 Å². The van der Waals surface area contributed by atoms with Gasteiger partial charge in [0.05, 0.1) is 22.8 Å². The maximum Gasteiger partial charge on any atom is 0.197 e. The van der Waals surface area contributed by atoms with E-state index < -0.39 is 17.5 Å². The van der Waals surface area contributed by atoms with Crippen molar-refractivity contribution in [3.63, 3.8) is 0 Å². The van der Waals surface area contributed by atoms with Crippen LogP contribution in [0.1, 0.15) is 25.8 Å². The zero-order valence-corrected chi connectivity index (χ0v) is 10.4. The first-order chi connectivity index (χ1) is 8.65. The molecule has 0 spiro atoms. The van der Waals surface area contributed by atoms with E-state index in [0.29, 0.717) is 10.6 Å². The summed E-state index contributed by atoms with van der Waals surface area (Å²) in [7, 11) is 0. The Labute approximate surface area is 107 Å². The van der Waals surface area contributed by atoms with Crippen LogP contribution in [-0.2, 0) is 0 Å². The summed E-state index contributed by atoms with van der Waals surface area (Å²) in [5.74, 6) is -1.86. The van der Waals surface area contributed by atoms with Gasteiger partial charge in [0.25, 0.3) is 0 Å². The number of carbonyl (C=O) groups is 2. The van der Waals surface area contributed by atoms with Gasteiger partial charge in [-0.1, -0.05) is 6.07 Å². The number of nitrogens with zero attached hydrogens (tertiary/aromatic N) is 1. The molecule has 0 fully saturated rings. The molecule has 90 valence electrons. The summed E-state index contributed by atoms with van der Waals surface area (Å²) in [6, 6.07) is 6.56. The summed E-state index contributed by atoms with van der Waals surface area (Å²) in [6.07, 6.45) is 1.37. The smallest absolute Gasteiger partial charge is 0.197 e. The summed E-state index contributed by atoms with van der Waals surface area (Å²) in [5, 5.41) is 10.8. The Balaban J connectivity index is 2.31. The standard InChI is InChI=1S/C13H9NO3S/c1-8-9(4-5-17-8)12(15)10(7-14)13(16)11-3-2-6-18-11/h2-6,10H,1H3/t10-/m0/s1. The van der Waals surface area contributed by atoms with E-state index in [2.05, 4.69) is 0 Å². The van der Waals surface area contributed by atoms with Gasteiger partial charge >= 0.3 is 0 Å². The molecule has 0 saturated carbocycles. The van der Waals surface area contributed by atoms with E-state index in [1.807, 2.05) is 0 Å². The molecule has 0 aliphatic rings. The highest BCUT2D eigenvalue weighted by Crippen LogP contribution is 2.20. The van der Waals surface area contributed by atoms with Crippen LogP contribution in [0, 0.1) is 24.2 Å². The molecule has 0 bridgehead atoms. The quantitative estimate of drug-likeness (QED) is 0.625. The van der Waals surface area contributed by atoms with Crippen molar-refractivity contribution in [3.8, 4) is 6.07 Å². The summed E-state index contributed by atoms with van der Waals surface area (Å²) >= 11 is 1.22. The number of furan rings is 1. The van der Waals surface area contributed by atoms with Gasteiger partial charge in [-0.3, -0.25) is 9.59 Å². The molecular weight excluding hydrogens is 250 g/mol. The second-order valence-corrected chi connectivity index (χ2v) is 4.61. The molecule has 2 aromatic rings. The first kappa shape index (κ1) is 12.3.